The van der Waals surface area contributed by atoms with E-state index in [4.69, 9.17) is 19.0 Å². The SMILES string of the molecule is Cc1noc(C)c1-c1cnc2c(c1)c(CC1CCN(S(=O)(=O)c3ccccc3)CC1)cn2C.Cc1noc(C)c1-c1cnc2c(c1)c(CC1CCNCC1)cn2C. The lowest BCUT2D eigenvalue weighted by Crippen LogP contribution is -2.38. The molecule has 13 heteroatoms. The lowest BCUT2D eigenvalue weighted by atomic mass is 9.91. The zero-order chi connectivity index (χ0) is 39.8. The molecule has 8 heterocycles. The fourth-order valence-electron chi connectivity index (χ4n) is 8.87. The Bertz CT molecular complexity index is 2590. The first-order chi connectivity index (χ1) is 27.5. The minimum absolute atomic E-state index is 0.371. The number of benzene rings is 1. The van der Waals surface area contributed by atoms with E-state index in [1.54, 1.807) is 28.6 Å². The van der Waals surface area contributed by atoms with E-state index in [-0.39, 0.29) is 0 Å². The molecule has 0 aliphatic carbocycles. The summed E-state index contributed by atoms with van der Waals surface area (Å²) in [5.74, 6) is 2.84. The van der Waals surface area contributed by atoms with Gasteiger partial charge >= 0.3 is 0 Å². The van der Waals surface area contributed by atoms with Crippen molar-refractivity contribution < 1.29 is 17.5 Å². The zero-order valence-corrected chi connectivity index (χ0v) is 34.6. The molecule has 2 saturated heterocycles. The van der Waals surface area contributed by atoms with E-state index in [2.05, 4.69) is 56.3 Å². The largest absolute Gasteiger partial charge is 0.361 e. The fourth-order valence-corrected chi connectivity index (χ4v) is 10.4. The summed E-state index contributed by atoms with van der Waals surface area (Å²) in [6.07, 6.45) is 14.5. The minimum Gasteiger partial charge on any atom is -0.361 e. The Balaban J connectivity index is 0.000000168. The molecule has 57 heavy (non-hydrogen) atoms. The van der Waals surface area contributed by atoms with E-state index < -0.39 is 10.0 Å². The van der Waals surface area contributed by atoms with Crippen LogP contribution in [-0.4, -0.2) is 68.3 Å². The predicted octanol–water partition coefficient (Wildman–Crippen LogP) is 7.88. The van der Waals surface area contributed by atoms with E-state index in [0.717, 1.165) is 107 Å². The van der Waals surface area contributed by atoms with Crippen LogP contribution in [-0.2, 0) is 37.0 Å². The van der Waals surface area contributed by atoms with Crippen LogP contribution in [0, 0.1) is 39.5 Å². The molecule has 298 valence electrons. The standard InChI is InChI=1S/C25H28N4O3S.C19H24N4O/c1-17-24(18(2)32-27-17)20-14-23-21(16-28(3)25(23)26-15-20)13-19-9-11-29(12-10-19)33(30,31)22-7-5-4-6-8-22;1-12-18(13(2)24-22-12)15-9-17-16(8-14-4-6-20-7-5-14)11-23(3)19(17)21-10-15/h4-8,14-16,19H,9-13H2,1-3H3;9-11,14,20H,4-8H2,1-3H3. The Kier molecular flexibility index (Phi) is 10.9. The molecule has 9 rings (SSSR count). The van der Waals surface area contributed by atoms with Gasteiger partial charge in [0.15, 0.2) is 0 Å². The number of aryl methyl sites for hydroxylation is 6. The molecular weight excluding hydrogens is 737 g/mol. The Labute approximate surface area is 334 Å². The highest BCUT2D eigenvalue weighted by Gasteiger charge is 2.30. The molecule has 12 nitrogen and oxygen atoms in total. The number of pyridine rings is 2. The molecule has 0 saturated carbocycles. The Morgan fingerprint density at radius 2 is 1.18 bits per heavy atom. The van der Waals surface area contributed by atoms with Gasteiger partial charge in [-0.2, -0.15) is 4.31 Å². The topological polar surface area (TPSA) is 137 Å². The molecule has 0 spiro atoms. The highest BCUT2D eigenvalue weighted by molar-refractivity contribution is 7.89. The number of hydrogen-bond donors (Lipinski definition) is 1. The fraction of sp³-hybridized carbons (Fsp3) is 0.409. The Morgan fingerprint density at radius 3 is 1.63 bits per heavy atom. The predicted molar refractivity (Wildman–Crippen MR) is 222 cm³/mol. The number of rotatable bonds is 8. The molecule has 0 atom stereocenters. The van der Waals surface area contributed by atoms with Crippen LogP contribution in [0.2, 0.25) is 0 Å². The van der Waals surface area contributed by atoms with Gasteiger partial charge in [0.25, 0.3) is 0 Å². The molecule has 2 fully saturated rings. The summed E-state index contributed by atoms with van der Waals surface area (Å²) in [6.45, 7) is 11.2. The quantitative estimate of drug-likeness (QED) is 0.163. The number of sulfonamides is 1. The van der Waals surface area contributed by atoms with Gasteiger partial charge in [0.2, 0.25) is 10.0 Å². The van der Waals surface area contributed by atoms with Crippen LogP contribution in [0.4, 0.5) is 0 Å². The van der Waals surface area contributed by atoms with Crippen molar-refractivity contribution in [3.05, 3.63) is 101 Å². The molecule has 0 bridgehead atoms. The van der Waals surface area contributed by atoms with Gasteiger partial charge in [-0.3, -0.25) is 0 Å². The Hall–Kier alpha value is -5.11. The summed E-state index contributed by atoms with van der Waals surface area (Å²) < 4.78 is 42.4. The number of nitrogens with one attached hydrogen (secondary N) is 1. The van der Waals surface area contributed by atoms with Crippen LogP contribution < -0.4 is 5.32 Å². The lowest BCUT2D eigenvalue weighted by Gasteiger charge is -2.31. The molecular formula is C44H52N8O4S. The van der Waals surface area contributed by atoms with Crippen LogP contribution in [0.25, 0.3) is 44.3 Å². The van der Waals surface area contributed by atoms with Crippen LogP contribution in [0.3, 0.4) is 0 Å². The lowest BCUT2D eigenvalue weighted by molar-refractivity contribution is 0.273. The molecule has 6 aromatic heterocycles. The monoisotopic (exact) mass is 788 g/mol. The first-order valence-corrected chi connectivity index (χ1v) is 21.4. The maximum absolute atomic E-state index is 12.9. The first kappa shape index (κ1) is 38.7. The molecule has 7 aromatic rings. The third-order valence-electron chi connectivity index (χ3n) is 11.9. The van der Waals surface area contributed by atoms with Crippen LogP contribution >= 0.6 is 0 Å². The molecule has 2 aliphatic heterocycles. The van der Waals surface area contributed by atoms with Crippen LogP contribution in [0.5, 0.6) is 0 Å². The van der Waals surface area contributed by atoms with Crippen molar-refractivity contribution in [1.29, 1.82) is 0 Å². The molecule has 1 N–H and O–H groups in total. The highest BCUT2D eigenvalue weighted by Crippen LogP contribution is 2.34. The summed E-state index contributed by atoms with van der Waals surface area (Å²) in [6, 6.07) is 13.1. The van der Waals surface area contributed by atoms with Gasteiger partial charge in [0.1, 0.15) is 22.8 Å². The number of aromatic nitrogens is 6. The third-order valence-corrected chi connectivity index (χ3v) is 13.8. The second kappa shape index (κ2) is 16.0. The second-order valence-electron chi connectivity index (χ2n) is 15.9. The first-order valence-electron chi connectivity index (χ1n) is 20.0. The average Bonchev–Trinajstić information content (AvgIpc) is 3.94. The summed E-state index contributed by atoms with van der Waals surface area (Å²) in [7, 11) is 0.674. The van der Waals surface area contributed by atoms with Crippen molar-refractivity contribution in [2.24, 2.45) is 25.9 Å². The molecule has 0 radical (unpaired) electrons. The van der Waals surface area contributed by atoms with Gasteiger partial charge in [-0.1, -0.05) is 28.5 Å². The van der Waals surface area contributed by atoms with Gasteiger partial charge in [-0.05, 0) is 127 Å². The third kappa shape index (κ3) is 7.80. The summed E-state index contributed by atoms with van der Waals surface area (Å²) in [5, 5.41) is 14.0. The number of nitrogens with zero attached hydrogens (tertiary/aromatic N) is 7. The highest BCUT2D eigenvalue weighted by atomic mass is 32.2. The van der Waals surface area contributed by atoms with Gasteiger partial charge in [0, 0.05) is 85.0 Å². The van der Waals surface area contributed by atoms with Crippen molar-refractivity contribution >= 4 is 32.1 Å². The molecule has 0 unspecified atom stereocenters. The van der Waals surface area contributed by atoms with E-state index in [1.165, 1.54) is 29.4 Å². The van der Waals surface area contributed by atoms with Crippen molar-refractivity contribution in [1.82, 2.24) is 39.0 Å². The van der Waals surface area contributed by atoms with Crippen molar-refractivity contribution in [3.8, 4) is 22.3 Å². The van der Waals surface area contributed by atoms with E-state index in [1.807, 2.05) is 53.2 Å². The molecule has 2 aliphatic rings. The average molecular weight is 789 g/mol. The van der Waals surface area contributed by atoms with E-state index in [9.17, 15) is 8.42 Å². The Morgan fingerprint density at radius 1 is 0.702 bits per heavy atom. The van der Waals surface area contributed by atoms with Crippen molar-refractivity contribution in [2.75, 3.05) is 26.2 Å². The van der Waals surface area contributed by atoms with Gasteiger partial charge < -0.3 is 23.5 Å². The maximum atomic E-state index is 12.9. The molecule has 0 amide bonds. The summed E-state index contributed by atoms with van der Waals surface area (Å²) in [5.41, 5.74) is 10.6. The minimum atomic E-state index is -3.42. The zero-order valence-electron chi connectivity index (χ0n) is 33.7. The maximum Gasteiger partial charge on any atom is 0.243 e. The number of piperidine rings is 2. The van der Waals surface area contributed by atoms with Gasteiger partial charge in [-0.25, -0.2) is 18.4 Å². The second-order valence-corrected chi connectivity index (χ2v) is 17.8. The number of fused-ring (bicyclic) bond motifs is 2. The van der Waals surface area contributed by atoms with Crippen LogP contribution in [0.1, 0.15) is 59.7 Å². The normalized spacial score (nSPS) is 16.0. The van der Waals surface area contributed by atoms with Crippen molar-refractivity contribution in [2.45, 2.75) is 71.1 Å². The van der Waals surface area contributed by atoms with Gasteiger partial charge in [0.05, 0.1) is 16.3 Å². The summed E-state index contributed by atoms with van der Waals surface area (Å²) in [4.78, 5) is 9.80. The van der Waals surface area contributed by atoms with Crippen LogP contribution in [0.15, 0.2) is 81.2 Å². The van der Waals surface area contributed by atoms with E-state index >= 15 is 0 Å². The van der Waals surface area contributed by atoms with E-state index in [0.29, 0.717) is 23.9 Å². The number of hydrogen-bond acceptors (Lipinski definition) is 9. The van der Waals surface area contributed by atoms with Crippen molar-refractivity contribution in [3.63, 3.8) is 0 Å². The van der Waals surface area contributed by atoms with Gasteiger partial charge in [-0.15, -0.1) is 0 Å². The summed E-state index contributed by atoms with van der Waals surface area (Å²) >= 11 is 0. The molecule has 1 aromatic carbocycles. The smallest absolute Gasteiger partial charge is 0.243 e.